The maximum atomic E-state index is 12.0. The lowest BCUT2D eigenvalue weighted by atomic mass is 10.2. The number of rotatable bonds is 5. The van der Waals surface area contributed by atoms with Gasteiger partial charge in [-0.25, -0.2) is 0 Å². The van der Waals surface area contributed by atoms with E-state index >= 15 is 0 Å². The zero-order chi connectivity index (χ0) is 15.2. The van der Waals surface area contributed by atoms with Gasteiger partial charge in [-0.1, -0.05) is 6.07 Å². The average molecular weight is 289 g/mol. The number of aromatic nitrogens is 3. The lowest BCUT2D eigenvalue weighted by Crippen LogP contribution is -2.16. The van der Waals surface area contributed by atoms with Gasteiger partial charge in [-0.15, -0.1) is 0 Å². The second kappa shape index (κ2) is 6.62. The van der Waals surface area contributed by atoms with Crippen LogP contribution in [0.5, 0.6) is 11.8 Å². The topological polar surface area (TPSA) is 112 Å². The maximum Gasteiger partial charge on any atom is 0.276 e. The Morgan fingerprint density at radius 3 is 2.38 bits per heavy atom. The molecule has 0 spiro atoms. The summed E-state index contributed by atoms with van der Waals surface area (Å²) in [5.41, 5.74) is 6.55. The quantitative estimate of drug-likeness (QED) is 0.828. The molecule has 0 aromatic carbocycles. The lowest BCUT2D eigenvalue weighted by molar-refractivity contribution is 0.102. The summed E-state index contributed by atoms with van der Waals surface area (Å²) in [6.45, 7) is 0.366. The van der Waals surface area contributed by atoms with Crippen LogP contribution in [-0.4, -0.2) is 35.1 Å². The number of nitrogens with one attached hydrogen (secondary N) is 1. The van der Waals surface area contributed by atoms with Gasteiger partial charge in [0.05, 0.1) is 20.3 Å². The van der Waals surface area contributed by atoms with E-state index in [0.29, 0.717) is 6.54 Å². The number of nitrogens with zero attached hydrogens (tertiary/aromatic N) is 3. The van der Waals surface area contributed by atoms with Crippen molar-refractivity contribution in [2.24, 2.45) is 5.73 Å². The first kappa shape index (κ1) is 14.7. The minimum atomic E-state index is -0.436. The number of carbonyl (C=O) groups excluding carboxylic acids is 1. The summed E-state index contributed by atoms with van der Waals surface area (Å²) in [7, 11) is 2.92. The van der Waals surface area contributed by atoms with Crippen molar-refractivity contribution in [3.63, 3.8) is 0 Å². The molecule has 21 heavy (non-hydrogen) atoms. The molecule has 0 saturated carbocycles. The van der Waals surface area contributed by atoms with Crippen molar-refractivity contribution in [2.75, 3.05) is 19.5 Å². The van der Waals surface area contributed by atoms with E-state index in [4.69, 9.17) is 15.2 Å². The van der Waals surface area contributed by atoms with E-state index in [1.165, 1.54) is 20.3 Å². The van der Waals surface area contributed by atoms with Crippen LogP contribution in [0.1, 0.15) is 16.1 Å². The fourth-order valence-electron chi connectivity index (χ4n) is 1.51. The van der Waals surface area contributed by atoms with Gasteiger partial charge in [0.2, 0.25) is 17.7 Å². The molecule has 0 radical (unpaired) electrons. The summed E-state index contributed by atoms with van der Waals surface area (Å²) in [6.07, 6.45) is 1.54. The van der Waals surface area contributed by atoms with E-state index < -0.39 is 5.91 Å². The van der Waals surface area contributed by atoms with Crippen LogP contribution >= 0.6 is 0 Å². The Kier molecular flexibility index (Phi) is 4.62. The Labute approximate surface area is 121 Å². The predicted molar refractivity (Wildman–Crippen MR) is 75.2 cm³/mol. The van der Waals surface area contributed by atoms with Gasteiger partial charge in [0.1, 0.15) is 5.69 Å². The molecule has 2 rings (SSSR count). The van der Waals surface area contributed by atoms with Gasteiger partial charge < -0.3 is 15.2 Å². The number of methoxy groups -OCH3 is 2. The highest BCUT2D eigenvalue weighted by molar-refractivity contribution is 6.01. The van der Waals surface area contributed by atoms with Crippen LogP contribution in [0.25, 0.3) is 0 Å². The summed E-state index contributed by atoms with van der Waals surface area (Å²) in [5, 5.41) is 2.53. The van der Waals surface area contributed by atoms with E-state index in [1.807, 2.05) is 0 Å². The van der Waals surface area contributed by atoms with Crippen molar-refractivity contribution in [2.45, 2.75) is 6.54 Å². The lowest BCUT2D eigenvalue weighted by Gasteiger charge is -2.07. The molecule has 0 saturated heterocycles. The number of hydrogen-bond acceptors (Lipinski definition) is 7. The molecule has 2 heterocycles. The fraction of sp³-hybridized carbons (Fsp3) is 0.231. The number of hydrogen-bond donors (Lipinski definition) is 2. The number of nitrogens with two attached hydrogens (primary N) is 1. The SMILES string of the molecule is COc1cc(OC)nc(NC(=O)c2ccc(CN)cn2)n1. The Morgan fingerprint density at radius 1 is 1.24 bits per heavy atom. The number of amides is 1. The Morgan fingerprint density at radius 2 is 1.90 bits per heavy atom. The molecule has 0 aliphatic rings. The largest absolute Gasteiger partial charge is 0.481 e. The molecular weight excluding hydrogens is 274 g/mol. The summed E-state index contributed by atoms with van der Waals surface area (Å²) in [5.74, 6) is 0.196. The normalized spacial score (nSPS) is 10.0. The molecular formula is C13H15N5O3. The minimum Gasteiger partial charge on any atom is -0.481 e. The van der Waals surface area contributed by atoms with Gasteiger partial charge in [-0.3, -0.25) is 15.1 Å². The minimum absolute atomic E-state index is 0.0703. The third-order valence-corrected chi connectivity index (χ3v) is 2.62. The van der Waals surface area contributed by atoms with Crippen molar-refractivity contribution < 1.29 is 14.3 Å². The second-order valence-electron chi connectivity index (χ2n) is 3.99. The molecule has 3 N–H and O–H groups in total. The molecule has 2 aromatic rings. The number of carbonyl (C=O) groups is 1. The van der Waals surface area contributed by atoms with Crippen molar-refractivity contribution in [1.29, 1.82) is 0 Å². The summed E-state index contributed by atoms with van der Waals surface area (Å²) < 4.78 is 10.0. The smallest absolute Gasteiger partial charge is 0.276 e. The highest BCUT2D eigenvalue weighted by Gasteiger charge is 2.12. The van der Waals surface area contributed by atoms with Crippen molar-refractivity contribution in [1.82, 2.24) is 15.0 Å². The van der Waals surface area contributed by atoms with Crippen LogP contribution < -0.4 is 20.5 Å². The molecule has 8 heteroatoms. The zero-order valence-electron chi connectivity index (χ0n) is 11.7. The summed E-state index contributed by atoms with van der Waals surface area (Å²) in [4.78, 5) is 24.1. The fourth-order valence-corrected chi connectivity index (χ4v) is 1.51. The molecule has 0 fully saturated rings. The van der Waals surface area contributed by atoms with E-state index in [1.54, 1.807) is 18.3 Å². The van der Waals surface area contributed by atoms with E-state index in [-0.39, 0.29) is 23.4 Å². The number of anilines is 1. The molecule has 1 amide bonds. The molecule has 0 bridgehead atoms. The van der Waals surface area contributed by atoms with Gasteiger partial charge in [-0.05, 0) is 11.6 Å². The molecule has 2 aromatic heterocycles. The van der Waals surface area contributed by atoms with Crippen molar-refractivity contribution in [3.05, 3.63) is 35.7 Å². The first-order chi connectivity index (χ1) is 10.2. The van der Waals surface area contributed by atoms with Gasteiger partial charge in [0.25, 0.3) is 5.91 Å². The summed E-state index contributed by atoms with van der Waals surface area (Å²) >= 11 is 0. The van der Waals surface area contributed by atoms with Crippen LogP contribution in [0.4, 0.5) is 5.95 Å². The Balaban J connectivity index is 2.18. The van der Waals surface area contributed by atoms with E-state index in [2.05, 4.69) is 20.3 Å². The van der Waals surface area contributed by atoms with Crippen molar-refractivity contribution >= 4 is 11.9 Å². The van der Waals surface area contributed by atoms with Crippen LogP contribution in [0.15, 0.2) is 24.4 Å². The van der Waals surface area contributed by atoms with Crippen LogP contribution in [0.3, 0.4) is 0 Å². The highest BCUT2D eigenvalue weighted by atomic mass is 16.5. The van der Waals surface area contributed by atoms with Gasteiger partial charge in [0, 0.05) is 12.7 Å². The number of pyridine rings is 1. The standard InChI is InChI=1S/C13H15N5O3/c1-20-10-5-11(21-2)17-13(16-10)18-12(19)9-4-3-8(6-14)7-15-9/h3-5,7H,6,14H2,1-2H3,(H,16,17,18,19). The average Bonchev–Trinajstić information content (AvgIpc) is 2.54. The van der Waals surface area contributed by atoms with Crippen molar-refractivity contribution in [3.8, 4) is 11.8 Å². The summed E-state index contributed by atoms with van der Waals surface area (Å²) in [6, 6.07) is 4.81. The highest BCUT2D eigenvalue weighted by Crippen LogP contribution is 2.17. The van der Waals surface area contributed by atoms with Gasteiger partial charge in [0.15, 0.2) is 0 Å². The van der Waals surface area contributed by atoms with Gasteiger partial charge >= 0.3 is 0 Å². The van der Waals surface area contributed by atoms with Crippen LogP contribution in [-0.2, 0) is 6.54 Å². The third kappa shape index (κ3) is 3.63. The second-order valence-corrected chi connectivity index (χ2v) is 3.99. The zero-order valence-corrected chi connectivity index (χ0v) is 11.7. The molecule has 0 aliphatic heterocycles. The van der Waals surface area contributed by atoms with E-state index in [0.717, 1.165) is 5.56 Å². The first-order valence-electron chi connectivity index (χ1n) is 6.09. The Bertz CT molecular complexity index is 608. The molecule has 0 aliphatic carbocycles. The molecule has 110 valence electrons. The van der Waals surface area contributed by atoms with Crippen LogP contribution in [0.2, 0.25) is 0 Å². The molecule has 8 nitrogen and oxygen atoms in total. The van der Waals surface area contributed by atoms with Gasteiger partial charge in [-0.2, -0.15) is 9.97 Å². The maximum absolute atomic E-state index is 12.0. The van der Waals surface area contributed by atoms with E-state index in [9.17, 15) is 4.79 Å². The molecule has 0 atom stereocenters. The first-order valence-corrected chi connectivity index (χ1v) is 6.09. The number of ether oxygens (including phenoxy) is 2. The Hall–Kier alpha value is -2.74. The van der Waals surface area contributed by atoms with Crippen LogP contribution in [0, 0.1) is 0 Å². The third-order valence-electron chi connectivity index (χ3n) is 2.62. The monoisotopic (exact) mass is 289 g/mol. The predicted octanol–water partition coefficient (Wildman–Crippen LogP) is 0.600. The molecule has 0 unspecified atom stereocenters.